The molecule has 0 bridgehead atoms. The molecule has 0 radical (unpaired) electrons. The lowest BCUT2D eigenvalue weighted by Gasteiger charge is -2.31. The predicted octanol–water partition coefficient (Wildman–Crippen LogP) is 2.96. The molecule has 2 aromatic carbocycles. The van der Waals surface area contributed by atoms with E-state index >= 15 is 0 Å². The number of rotatable bonds is 7. The molecule has 32 heavy (non-hydrogen) atoms. The lowest BCUT2D eigenvalue weighted by molar-refractivity contribution is -0.384. The lowest BCUT2D eigenvalue weighted by atomic mass is 9.97. The van der Waals surface area contributed by atoms with Crippen molar-refractivity contribution in [1.82, 2.24) is 4.31 Å². The van der Waals surface area contributed by atoms with E-state index in [2.05, 4.69) is 5.32 Å². The zero-order valence-corrected chi connectivity index (χ0v) is 18.8. The minimum Gasteiger partial charge on any atom is -0.497 e. The van der Waals surface area contributed by atoms with Crippen molar-refractivity contribution in [1.29, 1.82) is 0 Å². The normalized spacial score (nSPS) is 15.2. The van der Waals surface area contributed by atoms with Crippen molar-refractivity contribution in [2.24, 2.45) is 5.92 Å². The van der Waals surface area contributed by atoms with Gasteiger partial charge in [-0.1, -0.05) is 6.07 Å². The number of non-ortho nitro benzene ring substituents is 1. The monoisotopic (exact) mass is 463 g/mol. The molecule has 11 heteroatoms. The quantitative estimate of drug-likeness (QED) is 0.494. The number of amides is 1. The first-order chi connectivity index (χ1) is 15.2. The molecule has 1 N–H and O–H groups in total. The van der Waals surface area contributed by atoms with Crippen LogP contribution < -0.4 is 14.8 Å². The van der Waals surface area contributed by atoms with Gasteiger partial charge in [0, 0.05) is 37.2 Å². The Kier molecular flexibility index (Phi) is 6.99. The van der Waals surface area contributed by atoms with Crippen LogP contribution in [0.3, 0.4) is 0 Å². The summed E-state index contributed by atoms with van der Waals surface area (Å²) in [7, 11) is -1.000. The summed E-state index contributed by atoms with van der Waals surface area (Å²) in [6, 6.07) is 8.84. The first-order valence-corrected chi connectivity index (χ1v) is 11.4. The van der Waals surface area contributed by atoms with Crippen molar-refractivity contribution >= 4 is 27.3 Å². The Morgan fingerprint density at radius 1 is 1.12 bits per heavy atom. The molecular formula is C21H25N3O7S. The molecule has 1 fully saturated rings. The fourth-order valence-electron chi connectivity index (χ4n) is 3.58. The summed E-state index contributed by atoms with van der Waals surface area (Å²) in [6.45, 7) is 2.07. The van der Waals surface area contributed by atoms with Gasteiger partial charge in [-0.15, -0.1) is 0 Å². The van der Waals surface area contributed by atoms with Crippen LogP contribution in [0, 0.1) is 23.0 Å². The number of nitro groups is 1. The maximum Gasteiger partial charge on any atom is 0.271 e. The molecule has 0 aliphatic carbocycles. The van der Waals surface area contributed by atoms with Gasteiger partial charge >= 0.3 is 0 Å². The van der Waals surface area contributed by atoms with Crippen molar-refractivity contribution in [3.05, 3.63) is 52.1 Å². The van der Waals surface area contributed by atoms with E-state index < -0.39 is 20.9 Å². The molecule has 0 aromatic heterocycles. The molecular weight excluding hydrogens is 438 g/mol. The molecule has 0 spiro atoms. The fraction of sp³-hybridized carbons (Fsp3) is 0.381. The van der Waals surface area contributed by atoms with Crippen molar-refractivity contribution in [3.63, 3.8) is 0 Å². The number of hydrogen-bond donors (Lipinski definition) is 1. The number of carbonyl (C=O) groups is 1. The van der Waals surface area contributed by atoms with Crippen LogP contribution in [0.1, 0.15) is 18.4 Å². The summed E-state index contributed by atoms with van der Waals surface area (Å²) in [5.41, 5.74) is 0.966. The van der Waals surface area contributed by atoms with Crippen LogP contribution in [0.2, 0.25) is 0 Å². The highest BCUT2D eigenvalue weighted by Crippen LogP contribution is 2.33. The molecule has 1 aliphatic rings. The summed E-state index contributed by atoms with van der Waals surface area (Å²) in [5, 5.41) is 13.7. The Labute approximate surface area is 186 Å². The molecule has 1 amide bonds. The Bertz CT molecular complexity index is 1130. The van der Waals surface area contributed by atoms with Crippen LogP contribution in [0.4, 0.5) is 11.4 Å². The molecule has 0 unspecified atom stereocenters. The van der Waals surface area contributed by atoms with E-state index in [9.17, 15) is 23.3 Å². The number of nitro benzene ring substituents is 1. The van der Waals surface area contributed by atoms with Gasteiger partial charge in [-0.2, -0.15) is 4.31 Å². The summed E-state index contributed by atoms with van der Waals surface area (Å²) in [4.78, 5) is 23.2. The number of ether oxygens (including phenoxy) is 2. The minimum atomic E-state index is -3.85. The highest BCUT2D eigenvalue weighted by Gasteiger charge is 2.34. The smallest absolute Gasteiger partial charge is 0.271 e. The maximum absolute atomic E-state index is 13.2. The van der Waals surface area contributed by atoms with Crippen LogP contribution >= 0.6 is 0 Å². The van der Waals surface area contributed by atoms with Gasteiger partial charge in [0.25, 0.3) is 5.69 Å². The lowest BCUT2D eigenvalue weighted by Crippen LogP contribution is -2.41. The van der Waals surface area contributed by atoms with Crippen LogP contribution in [-0.2, 0) is 14.8 Å². The van der Waals surface area contributed by atoms with Gasteiger partial charge in [-0.25, -0.2) is 8.42 Å². The van der Waals surface area contributed by atoms with Crippen LogP contribution in [0.25, 0.3) is 0 Å². The number of sulfonamides is 1. The molecule has 0 atom stereocenters. The van der Waals surface area contributed by atoms with Gasteiger partial charge in [0.05, 0.1) is 24.8 Å². The Morgan fingerprint density at radius 2 is 1.81 bits per heavy atom. The molecule has 3 rings (SSSR count). The van der Waals surface area contributed by atoms with E-state index in [0.29, 0.717) is 29.8 Å². The number of carbonyl (C=O) groups excluding carboxylic acids is 1. The molecule has 1 aliphatic heterocycles. The standard InChI is InChI=1S/C21H25N3O7S/c1-14-4-5-16(24(26)27)12-18(14)22-21(25)15-8-10-23(11-9-15)32(28,29)20-13-17(30-2)6-7-19(20)31-3/h4-7,12-13,15H,8-11H2,1-3H3,(H,22,25). The van der Waals surface area contributed by atoms with Crippen molar-refractivity contribution < 1.29 is 27.6 Å². The third-order valence-electron chi connectivity index (χ3n) is 5.50. The third-order valence-corrected chi connectivity index (χ3v) is 7.42. The van der Waals surface area contributed by atoms with Crippen molar-refractivity contribution in [2.45, 2.75) is 24.7 Å². The molecule has 172 valence electrons. The number of benzene rings is 2. The minimum absolute atomic E-state index is 0.00877. The number of piperidine rings is 1. The first kappa shape index (κ1) is 23.5. The molecule has 1 heterocycles. The summed E-state index contributed by atoms with van der Waals surface area (Å²) >= 11 is 0. The Hall–Kier alpha value is -3.18. The van der Waals surface area contributed by atoms with Crippen molar-refractivity contribution in [3.8, 4) is 11.5 Å². The second-order valence-electron chi connectivity index (χ2n) is 7.44. The highest BCUT2D eigenvalue weighted by molar-refractivity contribution is 7.89. The predicted molar refractivity (Wildman–Crippen MR) is 117 cm³/mol. The summed E-state index contributed by atoms with van der Waals surface area (Å²) < 4.78 is 38.0. The van der Waals surface area contributed by atoms with Gasteiger partial charge in [0.15, 0.2) is 0 Å². The SMILES string of the molecule is COc1ccc(OC)c(S(=O)(=O)N2CCC(C(=O)Nc3cc([N+](=O)[O-])ccc3C)CC2)c1. The van der Waals surface area contributed by atoms with E-state index in [4.69, 9.17) is 9.47 Å². The fourth-order valence-corrected chi connectivity index (χ4v) is 5.22. The number of nitrogens with one attached hydrogen (secondary N) is 1. The topological polar surface area (TPSA) is 128 Å². The summed E-state index contributed by atoms with van der Waals surface area (Å²) in [5.74, 6) is -0.0882. The molecule has 10 nitrogen and oxygen atoms in total. The van der Waals surface area contributed by atoms with Gasteiger partial charge in [-0.05, 0) is 37.5 Å². The van der Waals surface area contributed by atoms with Crippen LogP contribution in [-0.4, -0.2) is 50.9 Å². The van der Waals surface area contributed by atoms with Gasteiger partial charge in [0.2, 0.25) is 15.9 Å². The number of hydrogen-bond acceptors (Lipinski definition) is 7. The zero-order chi connectivity index (χ0) is 23.5. The number of methoxy groups -OCH3 is 2. The van der Waals surface area contributed by atoms with Gasteiger partial charge in [0.1, 0.15) is 16.4 Å². The average molecular weight is 464 g/mol. The van der Waals surface area contributed by atoms with Crippen molar-refractivity contribution in [2.75, 3.05) is 32.6 Å². The third kappa shape index (κ3) is 4.83. The Balaban J connectivity index is 1.71. The van der Waals surface area contributed by atoms with E-state index in [1.165, 1.54) is 42.8 Å². The molecule has 0 saturated carbocycles. The molecule has 1 saturated heterocycles. The summed E-state index contributed by atoms with van der Waals surface area (Å²) in [6.07, 6.45) is 0.649. The van der Waals surface area contributed by atoms with Gasteiger partial charge < -0.3 is 14.8 Å². The number of anilines is 1. The average Bonchev–Trinajstić information content (AvgIpc) is 2.79. The van der Waals surface area contributed by atoms with E-state index in [1.807, 2.05) is 0 Å². The number of aryl methyl sites for hydroxylation is 1. The largest absolute Gasteiger partial charge is 0.497 e. The van der Waals surface area contributed by atoms with E-state index in [-0.39, 0.29) is 35.3 Å². The van der Waals surface area contributed by atoms with Gasteiger partial charge in [-0.3, -0.25) is 14.9 Å². The number of nitrogens with zero attached hydrogens (tertiary/aromatic N) is 2. The second-order valence-corrected chi connectivity index (χ2v) is 9.35. The van der Waals surface area contributed by atoms with E-state index in [1.54, 1.807) is 19.1 Å². The second kappa shape index (κ2) is 9.53. The maximum atomic E-state index is 13.2. The highest BCUT2D eigenvalue weighted by atomic mass is 32.2. The molecule has 2 aromatic rings. The Morgan fingerprint density at radius 3 is 2.41 bits per heavy atom. The van der Waals surface area contributed by atoms with Crippen LogP contribution in [0.15, 0.2) is 41.3 Å². The first-order valence-electron chi connectivity index (χ1n) is 9.95. The van der Waals surface area contributed by atoms with Crippen LogP contribution in [0.5, 0.6) is 11.5 Å². The van der Waals surface area contributed by atoms with E-state index in [0.717, 1.165) is 0 Å². The zero-order valence-electron chi connectivity index (χ0n) is 18.0.